The van der Waals surface area contributed by atoms with Crippen LogP contribution in [0.25, 0.3) is 0 Å². The highest BCUT2D eigenvalue weighted by Crippen LogP contribution is 2.05. The number of hydrogen-bond donors (Lipinski definition) is 1. The Kier molecular flexibility index (Phi) is 5.72. The van der Waals surface area contributed by atoms with Crippen molar-refractivity contribution in [2.45, 2.75) is 46.3 Å². The molecule has 0 unspecified atom stereocenters. The molecule has 0 aliphatic heterocycles. The minimum Gasteiger partial charge on any atom is -0.459 e. The molecule has 0 radical (unpaired) electrons. The van der Waals surface area contributed by atoms with Gasteiger partial charge in [-0.25, -0.2) is 0 Å². The standard InChI is InChI=1S/C10H21NO3/c1-8(2)13-7-11-6-9(12)14-10(3,4)5/h8,11H,6-7H2,1-5H3. The Bertz CT molecular complexity index is 173. The minimum atomic E-state index is -0.419. The summed E-state index contributed by atoms with van der Waals surface area (Å²) in [6, 6.07) is 0. The number of rotatable bonds is 5. The van der Waals surface area contributed by atoms with E-state index in [1.54, 1.807) is 0 Å². The Balaban J connectivity index is 3.46. The average molecular weight is 203 g/mol. The first kappa shape index (κ1) is 13.4. The van der Waals surface area contributed by atoms with E-state index in [1.807, 2.05) is 34.6 Å². The molecule has 0 aromatic rings. The summed E-state index contributed by atoms with van der Waals surface area (Å²) in [7, 11) is 0. The van der Waals surface area contributed by atoms with Crippen LogP contribution in [0, 0.1) is 0 Å². The predicted molar refractivity (Wildman–Crippen MR) is 54.9 cm³/mol. The monoisotopic (exact) mass is 203 g/mol. The van der Waals surface area contributed by atoms with Gasteiger partial charge in [0.1, 0.15) is 5.60 Å². The second-order valence-corrected chi connectivity index (χ2v) is 4.37. The van der Waals surface area contributed by atoms with Crippen LogP contribution in [0.1, 0.15) is 34.6 Å². The van der Waals surface area contributed by atoms with Crippen molar-refractivity contribution in [3.63, 3.8) is 0 Å². The van der Waals surface area contributed by atoms with E-state index in [0.29, 0.717) is 6.73 Å². The van der Waals surface area contributed by atoms with Gasteiger partial charge in [0.15, 0.2) is 0 Å². The van der Waals surface area contributed by atoms with Crippen molar-refractivity contribution in [1.82, 2.24) is 5.32 Å². The van der Waals surface area contributed by atoms with Crippen LogP contribution in [0.15, 0.2) is 0 Å². The molecule has 0 saturated carbocycles. The van der Waals surface area contributed by atoms with E-state index in [2.05, 4.69) is 5.32 Å². The van der Waals surface area contributed by atoms with Gasteiger partial charge in [-0.05, 0) is 34.6 Å². The van der Waals surface area contributed by atoms with Crippen molar-refractivity contribution in [2.24, 2.45) is 0 Å². The number of esters is 1. The number of nitrogens with one attached hydrogen (secondary N) is 1. The molecule has 0 heterocycles. The SMILES string of the molecule is CC(C)OCNCC(=O)OC(C)(C)C. The molecule has 0 fully saturated rings. The second kappa shape index (κ2) is 5.98. The maximum absolute atomic E-state index is 11.2. The van der Waals surface area contributed by atoms with Gasteiger partial charge in [-0.3, -0.25) is 10.1 Å². The van der Waals surface area contributed by atoms with Gasteiger partial charge in [0.2, 0.25) is 0 Å². The summed E-state index contributed by atoms with van der Waals surface area (Å²) in [4.78, 5) is 11.2. The van der Waals surface area contributed by atoms with Crippen LogP contribution in [0.4, 0.5) is 0 Å². The van der Waals surface area contributed by atoms with Crippen molar-refractivity contribution in [3.8, 4) is 0 Å². The van der Waals surface area contributed by atoms with Crippen molar-refractivity contribution >= 4 is 5.97 Å². The summed E-state index contributed by atoms with van der Waals surface area (Å²) in [5.74, 6) is -0.259. The number of carbonyl (C=O) groups is 1. The largest absolute Gasteiger partial charge is 0.459 e. The lowest BCUT2D eigenvalue weighted by molar-refractivity contribution is -0.154. The lowest BCUT2D eigenvalue weighted by Gasteiger charge is -2.19. The zero-order valence-electron chi connectivity index (χ0n) is 9.72. The van der Waals surface area contributed by atoms with Gasteiger partial charge in [0.25, 0.3) is 0 Å². The molecule has 0 rings (SSSR count). The van der Waals surface area contributed by atoms with E-state index in [9.17, 15) is 4.79 Å². The zero-order valence-corrected chi connectivity index (χ0v) is 9.72. The molecule has 0 amide bonds. The van der Waals surface area contributed by atoms with Crippen LogP contribution >= 0.6 is 0 Å². The Morgan fingerprint density at radius 3 is 2.36 bits per heavy atom. The Morgan fingerprint density at radius 1 is 1.36 bits per heavy atom. The molecule has 14 heavy (non-hydrogen) atoms. The maximum Gasteiger partial charge on any atom is 0.320 e. The van der Waals surface area contributed by atoms with Crippen LogP contribution in [0.3, 0.4) is 0 Å². The lowest BCUT2D eigenvalue weighted by Crippen LogP contribution is -2.33. The molecule has 0 spiro atoms. The first-order valence-corrected chi connectivity index (χ1v) is 4.85. The Hall–Kier alpha value is -0.610. The van der Waals surface area contributed by atoms with E-state index < -0.39 is 5.60 Å². The van der Waals surface area contributed by atoms with Gasteiger partial charge in [0, 0.05) is 0 Å². The smallest absolute Gasteiger partial charge is 0.320 e. The number of hydrogen-bond acceptors (Lipinski definition) is 4. The van der Waals surface area contributed by atoms with Gasteiger partial charge in [-0.2, -0.15) is 0 Å². The van der Waals surface area contributed by atoms with Crippen LogP contribution in [0.2, 0.25) is 0 Å². The van der Waals surface area contributed by atoms with Crippen LogP contribution in [0.5, 0.6) is 0 Å². The number of ether oxygens (including phenoxy) is 2. The fraction of sp³-hybridized carbons (Fsp3) is 0.900. The zero-order chi connectivity index (χ0) is 11.2. The van der Waals surface area contributed by atoms with E-state index in [1.165, 1.54) is 0 Å². The summed E-state index contributed by atoms with van der Waals surface area (Å²) in [6.45, 7) is 9.96. The van der Waals surface area contributed by atoms with Gasteiger partial charge in [-0.1, -0.05) is 0 Å². The third kappa shape index (κ3) is 9.48. The third-order valence-electron chi connectivity index (χ3n) is 1.21. The highest BCUT2D eigenvalue weighted by Gasteiger charge is 2.15. The first-order valence-electron chi connectivity index (χ1n) is 4.85. The molecule has 4 heteroatoms. The Morgan fingerprint density at radius 2 is 1.93 bits per heavy atom. The van der Waals surface area contributed by atoms with Crippen LogP contribution in [-0.4, -0.2) is 30.9 Å². The van der Waals surface area contributed by atoms with Gasteiger partial charge >= 0.3 is 5.97 Å². The molecule has 84 valence electrons. The quantitative estimate of drug-likeness (QED) is 0.415. The molecule has 0 aliphatic rings. The highest BCUT2D eigenvalue weighted by atomic mass is 16.6. The van der Waals surface area contributed by atoms with E-state index in [0.717, 1.165) is 0 Å². The lowest BCUT2D eigenvalue weighted by atomic mass is 10.2. The Labute approximate surface area is 86.0 Å². The molecule has 0 aliphatic carbocycles. The van der Waals surface area contributed by atoms with Crippen LogP contribution < -0.4 is 5.32 Å². The van der Waals surface area contributed by atoms with Crippen molar-refractivity contribution in [1.29, 1.82) is 0 Å². The van der Waals surface area contributed by atoms with E-state index in [4.69, 9.17) is 9.47 Å². The number of carbonyl (C=O) groups excluding carboxylic acids is 1. The molecular formula is C10H21NO3. The molecular weight excluding hydrogens is 182 g/mol. The van der Waals surface area contributed by atoms with Gasteiger partial charge < -0.3 is 9.47 Å². The molecule has 0 bridgehead atoms. The summed E-state index contributed by atoms with van der Waals surface area (Å²) >= 11 is 0. The normalized spacial score (nSPS) is 11.9. The summed E-state index contributed by atoms with van der Waals surface area (Å²) < 4.78 is 10.3. The minimum absolute atomic E-state index is 0.168. The second-order valence-electron chi connectivity index (χ2n) is 4.37. The molecule has 0 atom stereocenters. The topological polar surface area (TPSA) is 47.6 Å². The summed E-state index contributed by atoms with van der Waals surface area (Å²) in [5, 5.41) is 2.84. The molecule has 0 saturated heterocycles. The van der Waals surface area contributed by atoms with Crippen LogP contribution in [-0.2, 0) is 14.3 Å². The van der Waals surface area contributed by atoms with Crippen molar-refractivity contribution in [2.75, 3.05) is 13.3 Å². The average Bonchev–Trinajstić information content (AvgIpc) is 1.94. The van der Waals surface area contributed by atoms with Crippen molar-refractivity contribution in [3.05, 3.63) is 0 Å². The maximum atomic E-state index is 11.2. The van der Waals surface area contributed by atoms with Crippen molar-refractivity contribution < 1.29 is 14.3 Å². The fourth-order valence-electron chi connectivity index (χ4n) is 0.756. The summed E-state index contributed by atoms with van der Waals surface area (Å²) in [5.41, 5.74) is -0.419. The molecule has 0 aromatic carbocycles. The highest BCUT2D eigenvalue weighted by molar-refractivity contribution is 5.72. The third-order valence-corrected chi connectivity index (χ3v) is 1.21. The first-order chi connectivity index (χ1) is 6.31. The molecule has 0 aromatic heterocycles. The van der Waals surface area contributed by atoms with E-state index >= 15 is 0 Å². The van der Waals surface area contributed by atoms with Gasteiger partial charge in [-0.15, -0.1) is 0 Å². The molecule has 4 nitrogen and oxygen atoms in total. The van der Waals surface area contributed by atoms with Gasteiger partial charge in [0.05, 0.1) is 19.4 Å². The molecule has 1 N–H and O–H groups in total. The predicted octanol–water partition coefficient (Wildman–Crippen LogP) is 1.30. The van der Waals surface area contributed by atoms with E-state index in [-0.39, 0.29) is 18.6 Å². The fourth-order valence-corrected chi connectivity index (χ4v) is 0.756. The summed E-state index contributed by atoms with van der Waals surface area (Å²) in [6.07, 6.45) is 0.168.